The molecule has 1 aromatic heterocycles. The van der Waals surface area contributed by atoms with E-state index in [0.29, 0.717) is 12.5 Å². The van der Waals surface area contributed by atoms with Gasteiger partial charge in [-0.25, -0.2) is 9.37 Å². The molecule has 2 aromatic rings. The third kappa shape index (κ3) is 3.08. The number of aromatic nitrogens is 2. The standard InChI is InChI=1S/C20H24FN3O/c1-14-12-22-19(24(14)13-15-7-9-17(21)10-8-15)18-6-3-11-23(18)20(25)16-4-2-5-16/h7-10,12,16,18H,2-6,11,13H2,1H3. The second kappa shape index (κ2) is 6.62. The zero-order valence-corrected chi connectivity index (χ0v) is 14.6. The van der Waals surface area contributed by atoms with Crippen LogP contribution in [0.4, 0.5) is 4.39 Å². The van der Waals surface area contributed by atoms with E-state index in [1.807, 2.05) is 30.2 Å². The Morgan fingerprint density at radius 1 is 1.20 bits per heavy atom. The molecule has 0 spiro atoms. The first-order valence-corrected chi connectivity index (χ1v) is 9.20. The zero-order chi connectivity index (χ0) is 17.4. The van der Waals surface area contributed by atoms with Gasteiger partial charge < -0.3 is 9.47 Å². The monoisotopic (exact) mass is 341 g/mol. The average molecular weight is 341 g/mol. The van der Waals surface area contributed by atoms with E-state index in [1.165, 1.54) is 18.6 Å². The normalized spacial score (nSPS) is 20.7. The van der Waals surface area contributed by atoms with Gasteiger partial charge in [-0.15, -0.1) is 0 Å². The molecule has 2 aliphatic rings. The quantitative estimate of drug-likeness (QED) is 0.847. The van der Waals surface area contributed by atoms with Crippen LogP contribution in [0.15, 0.2) is 30.5 Å². The highest BCUT2D eigenvalue weighted by atomic mass is 19.1. The highest BCUT2D eigenvalue weighted by Gasteiger charge is 2.38. The van der Waals surface area contributed by atoms with Gasteiger partial charge in [-0.05, 0) is 50.3 Å². The summed E-state index contributed by atoms with van der Waals surface area (Å²) in [6.45, 7) is 3.53. The lowest BCUT2D eigenvalue weighted by molar-refractivity contribution is -0.139. The fraction of sp³-hybridized carbons (Fsp3) is 0.500. The summed E-state index contributed by atoms with van der Waals surface area (Å²) in [5.41, 5.74) is 2.11. The number of carbonyl (C=O) groups is 1. The van der Waals surface area contributed by atoms with Crippen molar-refractivity contribution < 1.29 is 9.18 Å². The van der Waals surface area contributed by atoms with Crippen LogP contribution in [-0.2, 0) is 11.3 Å². The van der Waals surface area contributed by atoms with Crippen molar-refractivity contribution in [2.75, 3.05) is 6.54 Å². The molecule has 0 N–H and O–H groups in total. The molecule has 25 heavy (non-hydrogen) atoms. The molecule has 2 heterocycles. The van der Waals surface area contributed by atoms with E-state index < -0.39 is 0 Å². The van der Waals surface area contributed by atoms with Gasteiger partial charge in [0.05, 0.1) is 6.04 Å². The van der Waals surface area contributed by atoms with Crippen LogP contribution in [0.5, 0.6) is 0 Å². The van der Waals surface area contributed by atoms with Crippen molar-refractivity contribution in [2.45, 2.75) is 51.6 Å². The molecule has 1 aliphatic heterocycles. The van der Waals surface area contributed by atoms with Gasteiger partial charge in [0.15, 0.2) is 0 Å². The molecule has 4 rings (SSSR count). The van der Waals surface area contributed by atoms with E-state index in [4.69, 9.17) is 0 Å². The molecule has 1 unspecified atom stereocenters. The van der Waals surface area contributed by atoms with Crippen molar-refractivity contribution >= 4 is 5.91 Å². The molecule has 5 heteroatoms. The van der Waals surface area contributed by atoms with E-state index in [9.17, 15) is 9.18 Å². The first-order valence-electron chi connectivity index (χ1n) is 9.20. The molecule has 132 valence electrons. The van der Waals surface area contributed by atoms with Crippen LogP contribution in [0.3, 0.4) is 0 Å². The fourth-order valence-corrected chi connectivity index (χ4v) is 3.91. The summed E-state index contributed by atoms with van der Waals surface area (Å²) < 4.78 is 15.3. The smallest absolute Gasteiger partial charge is 0.226 e. The number of imidazole rings is 1. The summed E-state index contributed by atoms with van der Waals surface area (Å²) >= 11 is 0. The lowest BCUT2D eigenvalue weighted by atomic mass is 9.84. The molecule has 4 nitrogen and oxygen atoms in total. The van der Waals surface area contributed by atoms with Crippen molar-refractivity contribution in [3.05, 3.63) is 53.4 Å². The number of aryl methyl sites for hydroxylation is 1. The van der Waals surface area contributed by atoms with Crippen LogP contribution in [-0.4, -0.2) is 26.9 Å². The molecule has 1 saturated heterocycles. The molecule has 0 bridgehead atoms. The predicted molar refractivity (Wildman–Crippen MR) is 93.5 cm³/mol. The van der Waals surface area contributed by atoms with E-state index in [0.717, 1.165) is 49.3 Å². The first kappa shape index (κ1) is 16.3. The van der Waals surface area contributed by atoms with Gasteiger partial charge in [0, 0.05) is 30.9 Å². The SMILES string of the molecule is Cc1cnc(C2CCCN2C(=O)C2CCC2)n1Cc1ccc(F)cc1. The number of nitrogens with zero attached hydrogens (tertiary/aromatic N) is 3. The Kier molecular flexibility index (Phi) is 4.32. The second-order valence-electron chi connectivity index (χ2n) is 7.29. The summed E-state index contributed by atoms with van der Waals surface area (Å²) in [5.74, 6) is 1.27. The number of halogens is 1. The second-order valence-corrected chi connectivity index (χ2v) is 7.29. The molecule has 0 radical (unpaired) electrons. The molecular weight excluding hydrogens is 317 g/mol. The van der Waals surface area contributed by atoms with Crippen molar-refractivity contribution in [3.8, 4) is 0 Å². The Bertz CT molecular complexity index is 764. The third-order valence-electron chi connectivity index (χ3n) is 5.63. The number of amides is 1. The van der Waals surface area contributed by atoms with Crippen LogP contribution >= 0.6 is 0 Å². The minimum Gasteiger partial charge on any atom is -0.332 e. The molecule has 1 aliphatic carbocycles. The van der Waals surface area contributed by atoms with E-state index in [1.54, 1.807) is 0 Å². The van der Waals surface area contributed by atoms with Gasteiger partial charge in [0.25, 0.3) is 0 Å². The van der Waals surface area contributed by atoms with Crippen LogP contribution in [0, 0.1) is 18.7 Å². The Morgan fingerprint density at radius 3 is 2.64 bits per heavy atom. The number of benzene rings is 1. The average Bonchev–Trinajstić information content (AvgIpc) is 3.15. The summed E-state index contributed by atoms with van der Waals surface area (Å²) in [5, 5.41) is 0. The number of hydrogen-bond donors (Lipinski definition) is 0. The molecule has 1 aromatic carbocycles. The van der Waals surface area contributed by atoms with E-state index >= 15 is 0 Å². The van der Waals surface area contributed by atoms with Crippen molar-refractivity contribution in [3.63, 3.8) is 0 Å². The van der Waals surface area contributed by atoms with E-state index in [2.05, 4.69) is 9.55 Å². The minimum atomic E-state index is -0.223. The van der Waals surface area contributed by atoms with Crippen molar-refractivity contribution in [1.29, 1.82) is 0 Å². The van der Waals surface area contributed by atoms with E-state index in [-0.39, 0.29) is 17.8 Å². The van der Waals surface area contributed by atoms with Gasteiger partial charge in [-0.3, -0.25) is 4.79 Å². The zero-order valence-electron chi connectivity index (χ0n) is 14.6. The Balaban J connectivity index is 1.59. The number of rotatable bonds is 4. The lowest BCUT2D eigenvalue weighted by Crippen LogP contribution is -2.39. The number of hydrogen-bond acceptors (Lipinski definition) is 2. The highest BCUT2D eigenvalue weighted by molar-refractivity contribution is 5.80. The lowest BCUT2D eigenvalue weighted by Gasteiger charge is -2.32. The fourth-order valence-electron chi connectivity index (χ4n) is 3.91. The van der Waals surface area contributed by atoms with Crippen LogP contribution < -0.4 is 0 Å². The Labute approximate surface area is 147 Å². The topological polar surface area (TPSA) is 38.1 Å². The Morgan fingerprint density at radius 2 is 1.96 bits per heavy atom. The van der Waals surface area contributed by atoms with Crippen LogP contribution in [0.2, 0.25) is 0 Å². The van der Waals surface area contributed by atoms with Gasteiger partial charge in [0.2, 0.25) is 5.91 Å². The number of carbonyl (C=O) groups excluding carboxylic acids is 1. The largest absolute Gasteiger partial charge is 0.332 e. The Hall–Kier alpha value is -2.17. The number of likely N-dealkylation sites (tertiary alicyclic amines) is 1. The van der Waals surface area contributed by atoms with Crippen molar-refractivity contribution in [2.24, 2.45) is 5.92 Å². The van der Waals surface area contributed by atoms with Crippen molar-refractivity contribution in [1.82, 2.24) is 14.5 Å². The molecule has 1 saturated carbocycles. The summed E-state index contributed by atoms with van der Waals surface area (Å²) in [4.78, 5) is 19.5. The van der Waals surface area contributed by atoms with Gasteiger partial charge in [-0.1, -0.05) is 18.6 Å². The molecule has 1 amide bonds. The van der Waals surface area contributed by atoms with Crippen LogP contribution in [0.1, 0.15) is 55.2 Å². The maximum Gasteiger partial charge on any atom is 0.226 e. The summed E-state index contributed by atoms with van der Waals surface area (Å²) in [6, 6.07) is 6.67. The maximum absolute atomic E-state index is 13.2. The predicted octanol–water partition coefficient (Wildman–Crippen LogP) is 3.84. The molecule has 2 fully saturated rings. The highest BCUT2D eigenvalue weighted by Crippen LogP contribution is 2.37. The molecule has 1 atom stereocenters. The molecular formula is C20H24FN3O. The first-order chi connectivity index (χ1) is 12.1. The van der Waals surface area contributed by atoms with Gasteiger partial charge >= 0.3 is 0 Å². The summed E-state index contributed by atoms with van der Waals surface area (Å²) in [6.07, 6.45) is 7.12. The maximum atomic E-state index is 13.2. The summed E-state index contributed by atoms with van der Waals surface area (Å²) in [7, 11) is 0. The van der Waals surface area contributed by atoms with Gasteiger partial charge in [-0.2, -0.15) is 0 Å². The van der Waals surface area contributed by atoms with Crippen LogP contribution in [0.25, 0.3) is 0 Å². The third-order valence-corrected chi connectivity index (χ3v) is 5.63. The van der Waals surface area contributed by atoms with Gasteiger partial charge in [0.1, 0.15) is 11.6 Å². The minimum absolute atomic E-state index is 0.0715.